The summed E-state index contributed by atoms with van der Waals surface area (Å²) in [6, 6.07) is 9.02. The number of hydrogen-bond donors (Lipinski definition) is 0. The first kappa shape index (κ1) is 16.3. The van der Waals surface area contributed by atoms with Crippen molar-refractivity contribution < 1.29 is 14.3 Å². The van der Waals surface area contributed by atoms with Gasteiger partial charge in [0.2, 0.25) is 0 Å². The number of fused-ring (bicyclic) bond motifs is 1. The second kappa shape index (κ2) is 7.00. The van der Waals surface area contributed by atoms with Crippen LogP contribution in [0.1, 0.15) is 9.67 Å². The lowest BCUT2D eigenvalue weighted by molar-refractivity contribution is 0.0306. The van der Waals surface area contributed by atoms with E-state index in [0.717, 1.165) is 10.1 Å². The number of ether oxygens (including phenoxy) is 2. The molecule has 0 bridgehead atoms. The number of amides is 1. The summed E-state index contributed by atoms with van der Waals surface area (Å²) in [6.45, 7) is 2.42. The molecular weight excluding hydrogens is 360 g/mol. The van der Waals surface area contributed by atoms with E-state index in [4.69, 9.17) is 21.1 Å². The van der Waals surface area contributed by atoms with Gasteiger partial charge < -0.3 is 14.4 Å². The maximum atomic E-state index is 12.7. The average Bonchev–Trinajstić information content (AvgIpc) is 3.09. The molecule has 0 unspecified atom stereocenters. The van der Waals surface area contributed by atoms with E-state index in [-0.39, 0.29) is 5.91 Å². The molecule has 25 heavy (non-hydrogen) atoms. The smallest absolute Gasteiger partial charge is 0.264 e. The second-order valence-corrected chi connectivity index (χ2v) is 7.14. The topological polar surface area (TPSA) is 51.7 Å². The van der Waals surface area contributed by atoms with E-state index in [1.807, 2.05) is 11.0 Å². The Labute approximate surface area is 153 Å². The van der Waals surface area contributed by atoms with Crippen molar-refractivity contribution in [3.8, 4) is 11.5 Å². The van der Waals surface area contributed by atoms with Crippen molar-refractivity contribution in [3.05, 3.63) is 52.6 Å². The number of aromatic nitrogens is 1. The number of pyridine rings is 1. The molecule has 0 aliphatic carbocycles. The van der Waals surface area contributed by atoms with E-state index in [1.165, 1.54) is 11.3 Å². The summed E-state index contributed by atoms with van der Waals surface area (Å²) in [5.74, 6) is 1.32. The summed E-state index contributed by atoms with van der Waals surface area (Å²) >= 11 is 7.33. The minimum atomic E-state index is 0.0296. The molecule has 1 aliphatic heterocycles. The summed E-state index contributed by atoms with van der Waals surface area (Å²) in [7, 11) is 0. The molecule has 1 saturated heterocycles. The largest absolute Gasteiger partial charge is 0.455 e. The molecule has 0 atom stereocenters. The third-order valence-electron chi connectivity index (χ3n) is 3.96. The van der Waals surface area contributed by atoms with Crippen molar-refractivity contribution in [2.24, 2.45) is 0 Å². The van der Waals surface area contributed by atoms with Crippen LogP contribution in [0.3, 0.4) is 0 Å². The molecule has 0 saturated carbocycles. The van der Waals surface area contributed by atoms with Crippen LogP contribution in [0.15, 0.2) is 42.7 Å². The molecule has 7 heteroatoms. The van der Waals surface area contributed by atoms with E-state index < -0.39 is 0 Å². The number of benzene rings is 1. The van der Waals surface area contributed by atoms with E-state index in [1.54, 1.807) is 36.7 Å². The van der Waals surface area contributed by atoms with Gasteiger partial charge in [-0.05, 0) is 30.3 Å². The highest BCUT2D eigenvalue weighted by molar-refractivity contribution is 7.20. The molecule has 1 aromatic carbocycles. The third-order valence-corrected chi connectivity index (χ3v) is 5.27. The van der Waals surface area contributed by atoms with Crippen LogP contribution in [0.4, 0.5) is 0 Å². The first-order valence-corrected chi connectivity index (χ1v) is 9.08. The van der Waals surface area contributed by atoms with Crippen molar-refractivity contribution in [1.29, 1.82) is 0 Å². The van der Waals surface area contributed by atoms with E-state index in [0.29, 0.717) is 47.7 Å². The van der Waals surface area contributed by atoms with Gasteiger partial charge in [-0.2, -0.15) is 0 Å². The third kappa shape index (κ3) is 3.46. The van der Waals surface area contributed by atoms with Gasteiger partial charge in [0, 0.05) is 29.7 Å². The fourth-order valence-electron chi connectivity index (χ4n) is 2.67. The van der Waals surface area contributed by atoms with Gasteiger partial charge in [-0.1, -0.05) is 11.6 Å². The highest BCUT2D eigenvalue weighted by Gasteiger charge is 2.21. The van der Waals surface area contributed by atoms with Gasteiger partial charge in [-0.3, -0.25) is 9.78 Å². The zero-order chi connectivity index (χ0) is 17.2. The highest BCUT2D eigenvalue weighted by atomic mass is 35.5. The first-order chi connectivity index (χ1) is 12.2. The lowest BCUT2D eigenvalue weighted by atomic mass is 10.2. The highest BCUT2D eigenvalue weighted by Crippen LogP contribution is 2.35. The van der Waals surface area contributed by atoms with E-state index >= 15 is 0 Å². The molecule has 3 heterocycles. The summed E-state index contributed by atoms with van der Waals surface area (Å²) in [4.78, 5) is 19.4. The zero-order valence-electron chi connectivity index (χ0n) is 13.3. The van der Waals surface area contributed by atoms with Gasteiger partial charge in [0.05, 0.1) is 29.0 Å². The molecular formula is C18H15ClN2O3S. The molecule has 128 valence electrons. The second-order valence-electron chi connectivity index (χ2n) is 5.62. The summed E-state index contributed by atoms with van der Waals surface area (Å²) in [5, 5.41) is 1.53. The predicted molar refractivity (Wildman–Crippen MR) is 97.9 cm³/mol. The van der Waals surface area contributed by atoms with Gasteiger partial charge in [-0.15, -0.1) is 11.3 Å². The van der Waals surface area contributed by atoms with Gasteiger partial charge in [0.1, 0.15) is 5.75 Å². The van der Waals surface area contributed by atoms with Crippen LogP contribution in [0, 0.1) is 0 Å². The number of carbonyl (C=O) groups excluding carboxylic acids is 1. The Bertz CT molecular complexity index is 904. The standard InChI is InChI=1S/C18H15ClN2O3S/c19-12-1-3-13(4-2-12)24-15-10-20-11-17-14(15)9-16(25-17)18(22)21-5-7-23-8-6-21/h1-4,9-11H,5-8H2. The molecule has 4 rings (SSSR count). The summed E-state index contributed by atoms with van der Waals surface area (Å²) in [5.41, 5.74) is 0. The van der Waals surface area contributed by atoms with Crippen molar-refractivity contribution >= 4 is 38.9 Å². The van der Waals surface area contributed by atoms with Gasteiger partial charge in [-0.25, -0.2) is 0 Å². The Balaban J connectivity index is 1.64. The first-order valence-electron chi connectivity index (χ1n) is 7.89. The number of nitrogens with zero attached hydrogens (tertiary/aromatic N) is 2. The normalized spacial score (nSPS) is 14.7. The molecule has 5 nitrogen and oxygen atoms in total. The Hall–Kier alpha value is -2.15. The van der Waals surface area contributed by atoms with Gasteiger partial charge >= 0.3 is 0 Å². The Kier molecular flexibility index (Phi) is 4.57. The van der Waals surface area contributed by atoms with E-state index in [9.17, 15) is 4.79 Å². The fourth-order valence-corrected chi connectivity index (χ4v) is 3.81. The lowest BCUT2D eigenvalue weighted by Crippen LogP contribution is -2.40. The van der Waals surface area contributed by atoms with Gasteiger partial charge in [0.15, 0.2) is 5.75 Å². The molecule has 1 fully saturated rings. The van der Waals surface area contributed by atoms with Crippen LogP contribution in [0.25, 0.3) is 10.1 Å². The molecule has 0 N–H and O–H groups in total. The maximum absolute atomic E-state index is 12.7. The van der Waals surface area contributed by atoms with Crippen LogP contribution >= 0.6 is 22.9 Å². The maximum Gasteiger partial charge on any atom is 0.264 e. The Morgan fingerprint density at radius 2 is 1.96 bits per heavy atom. The van der Waals surface area contributed by atoms with Crippen LogP contribution < -0.4 is 4.74 Å². The van der Waals surface area contributed by atoms with E-state index in [2.05, 4.69) is 4.98 Å². The minimum Gasteiger partial charge on any atom is -0.455 e. The monoisotopic (exact) mass is 374 g/mol. The minimum absolute atomic E-state index is 0.0296. The number of carbonyl (C=O) groups is 1. The van der Waals surface area contributed by atoms with Crippen molar-refractivity contribution in [1.82, 2.24) is 9.88 Å². The van der Waals surface area contributed by atoms with Crippen LogP contribution in [0.2, 0.25) is 5.02 Å². The number of rotatable bonds is 3. The molecule has 0 spiro atoms. The quantitative estimate of drug-likeness (QED) is 0.689. The van der Waals surface area contributed by atoms with Crippen LogP contribution in [-0.4, -0.2) is 42.1 Å². The average molecular weight is 375 g/mol. The fraction of sp³-hybridized carbons (Fsp3) is 0.222. The Morgan fingerprint density at radius 1 is 1.20 bits per heavy atom. The van der Waals surface area contributed by atoms with Crippen LogP contribution in [0.5, 0.6) is 11.5 Å². The van der Waals surface area contributed by atoms with Crippen LogP contribution in [-0.2, 0) is 4.74 Å². The van der Waals surface area contributed by atoms with Gasteiger partial charge in [0.25, 0.3) is 5.91 Å². The number of morpholine rings is 1. The predicted octanol–water partition coefficient (Wildman–Crippen LogP) is 4.21. The molecule has 3 aromatic rings. The molecule has 1 aliphatic rings. The zero-order valence-corrected chi connectivity index (χ0v) is 14.8. The van der Waals surface area contributed by atoms with Crippen molar-refractivity contribution in [2.45, 2.75) is 0 Å². The number of thiophene rings is 1. The molecule has 1 amide bonds. The summed E-state index contributed by atoms with van der Waals surface area (Å²) < 4.78 is 12.2. The number of hydrogen-bond acceptors (Lipinski definition) is 5. The van der Waals surface area contributed by atoms with Crippen molar-refractivity contribution in [3.63, 3.8) is 0 Å². The Morgan fingerprint density at radius 3 is 2.72 bits per heavy atom. The SMILES string of the molecule is O=C(c1cc2c(Oc3ccc(Cl)cc3)cncc2s1)N1CCOCC1. The van der Waals surface area contributed by atoms with Crippen molar-refractivity contribution in [2.75, 3.05) is 26.3 Å². The number of halogens is 1. The lowest BCUT2D eigenvalue weighted by Gasteiger charge is -2.26. The summed E-state index contributed by atoms with van der Waals surface area (Å²) in [6.07, 6.45) is 3.41. The molecule has 0 radical (unpaired) electrons. The molecule has 2 aromatic heterocycles.